The second kappa shape index (κ2) is 5.69. The van der Waals surface area contributed by atoms with Crippen molar-refractivity contribution in [2.75, 3.05) is 37.2 Å². The predicted molar refractivity (Wildman–Crippen MR) is 72.7 cm³/mol. The van der Waals surface area contributed by atoms with Gasteiger partial charge in [-0.2, -0.15) is 0 Å². The summed E-state index contributed by atoms with van der Waals surface area (Å²) < 4.78 is 13.6. The molecule has 0 bridgehead atoms. The fourth-order valence-electron chi connectivity index (χ4n) is 2.07. The van der Waals surface area contributed by atoms with Gasteiger partial charge in [-0.05, 0) is 47.9 Å². The fourth-order valence-corrected chi connectivity index (χ4v) is 2.41. The SMILES string of the molecule is Nc1cc(F)c(Br)cc1NCCN1CCCC1. The Morgan fingerprint density at radius 3 is 2.76 bits per heavy atom. The first-order chi connectivity index (χ1) is 8.16. The second-order valence-corrected chi connectivity index (χ2v) is 5.18. The zero-order valence-electron chi connectivity index (χ0n) is 9.68. The van der Waals surface area contributed by atoms with Crippen molar-refractivity contribution < 1.29 is 4.39 Å². The van der Waals surface area contributed by atoms with E-state index in [-0.39, 0.29) is 5.82 Å². The fraction of sp³-hybridized carbons (Fsp3) is 0.500. The second-order valence-electron chi connectivity index (χ2n) is 4.33. The van der Waals surface area contributed by atoms with Crippen LogP contribution in [0.5, 0.6) is 0 Å². The lowest BCUT2D eigenvalue weighted by Crippen LogP contribution is -2.26. The van der Waals surface area contributed by atoms with Gasteiger partial charge in [-0.15, -0.1) is 0 Å². The summed E-state index contributed by atoms with van der Waals surface area (Å²) in [5.41, 5.74) is 6.99. The van der Waals surface area contributed by atoms with E-state index in [1.807, 2.05) is 0 Å². The molecule has 0 aliphatic carbocycles. The third-order valence-corrected chi connectivity index (χ3v) is 3.64. The molecule has 0 unspecified atom stereocenters. The zero-order valence-corrected chi connectivity index (χ0v) is 11.3. The van der Waals surface area contributed by atoms with Crippen LogP contribution in [0.15, 0.2) is 16.6 Å². The monoisotopic (exact) mass is 301 g/mol. The van der Waals surface area contributed by atoms with Gasteiger partial charge >= 0.3 is 0 Å². The van der Waals surface area contributed by atoms with Crippen molar-refractivity contribution in [1.29, 1.82) is 0 Å². The molecule has 0 atom stereocenters. The Balaban J connectivity index is 1.87. The molecule has 3 N–H and O–H groups in total. The Labute approximate surface area is 109 Å². The quantitative estimate of drug-likeness (QED) is 0.840. The maximum Gasteiger partial charge on any atom is 0.139 e. The number of likely N-dealkylation sites (tertiary alicyclic amines) is 1. The number of nitrogen functional groups attached to an aromatic ring is 1. The molecule has 0 radical (unpaired) electrons. The number of hydrogen-bond donors (Lipinski definition) is 2. The minimum absolute atomic E-state index is 0.326. The molecule has 1 aromatic rings. The van der Waals surface area contributed by atoms with Crippen molar-refractivity contribution in [2.45, 2.75) is 12.8 Å². The van der Waals surface area contributed by atoms with Crippen molar-refractivity contribution in [3.05, 3.63) is 22.4 Å². The molecule has 5 heteroatoms. The zero-order chi connectivity index (χ0) is 12.3. The highest BCUT2D eigenvalue weighted by atomic mass is 79.9. The molecule has 1 aromatic carbocycles. The van der Waals surface area contributed by atoms with Crippen LogP contribution in [0.3, 0.4) is 0 Å². The molecule has 1 saturated heterocycles. The standard InChI is InChI=1S/C12H17BrFN3/c13-9-7-12(11(15)8-10(9)14)16-3-6-17-4-1-2-5-17/h7-8,16H,1-6,15H2. The number of hydrogen-bond acceptors (Lipinski definition) is 3. The molecule has 0 saturated carbocycles. The maximum absolute atomic E-state index is 13.2. The molecule has 94 valence electrons. The minimum Gasteiger partial charge on any atom is -0.397 e. The molecule has 0 amide bonds. The maximum atomic E-state index is 13.2. The van der Waals surface area contributed by atoms with Gasteiger partial charge in [-0.3, -0.25) is 0 Å². The average molecular weight is 302 g/mol. The van der Waals surface area contributed by atoms with Gasteiger partial charge in [0.2, 0.25) is 0 Å². The summed E-state index contributed by atoms with van der Waals surface area (Å²) >= 11 is 3.16. The van der Waals surface area contributed by atoms with Crippen LogP contribution < -0.4 is 11.1 Å². The first-order valence-electron chi connectivity index (χ1n) is 5.87. The Morgan fingerprint density at radius 2 is 2.06 bits per heavy atom. The third-order valence-electron chi connectivity index (χ3n) is 3.03. The molecule has 0 aromatic heterocycles. The van der Waals surface area contributed by atoms with Gasteiger partial charge in [-0.25, -0.2) is 4.39 Å². The van der Waals surface area contributed by atoms with Crippen molar-refractivity contribution in [3.63, 3.8) is 0 Å². The van der Waals surface area contributed by atoms with Gasteiger partial charge in [0.1, 0.15) is 5.82 Å². The molecule has 1 fully saturated rings. The number of nitrogens with zero attached hydrogens (tertiary/aromatic N) is 1. The lowest BCUT2D eigenvalue weighted by molar-refractivity contribution is 0.353. The van der Waals surface area contributed by atoms with Gasteiger partial charge in [0.05, 0.1) is 15.8 Å². The first kappa shape index (κ1) is 12.6. The van der Waals surface area contributed by atoms with Crippen molar-refractivity contribution >= 4 is 27.3 Å². The minimum atomic E-state index is -0.326. The number of benzene rings is 1. The number of rotatable bonds is 4. The largest absolute Gasteiger partial charge is 0.397 e. The highest BCUT2D eigenvalue weighted by Gasteiger charge is 2.11. The molecule has 3 nitrogen and oxygen atoms in total. The van der Waals surface area contributed by atoms with E-state index in [1.54, 1.807) is 6.07 Å². The molecule has 2 rings (SSSR count). The van der Waals surface area contributed by atoms with Crippen LogP contribution in [0.25, 0.3) is 0 Å². The summed E-state index contributed by atoms with van der Waals surface area (Å²) in [6.45, 7) is 4.21. The van der Waals surface area contributed by atoms with Crippen LogP contribution in [-0.2, 0) is 0 Å². The Kier molecular flexibility index (Phi) is 4.23. The summed E-state index contributed by atoms with van der Waals surface area (Å²) in [4.78, 5) is 2.42. The molecule has 1 heterocycles. The Hall–Kier alpha value is -0.810. The van der Waals surface area contributed by atoms with Crippen LogP contribution >= 0.6 is 15.9 Å². The number of nitrogens with one attached hydrogen (secondary N) is 1. The van der Waals surface area contributed by atoms with Gasteiger partial charge in [0.25, 0.3) is 0 Å². The number of halogens is 2. The predicted octanol–water partition coefficient (Wildman–Crippen LogP) is 2.68. The number of nitrogens with two attached hydrogens (primary N) is 1. The van der Waals surface area contributed by atoms with Crippen molar-refractivity contribution in [1.82, 2.24) is 4.90 Å². The van der Waals surface area contributed by atoms with Gasteiger partial charge in [-0.1, -0.05) is 0 Å². The van der Waals surface area contributed by atoms with Crippen molar-refractivity contribution in [2.24, 2.45) is 0 Å². The lowest BCUT2D eigenvalue weighted by atomic mass is 10.2. The van der Waals surface area contributed by atoms with Crippen LogP contribution in [0.4, 0.5) is 15.8 Å². The normalized spacial score (nSPS) is 16.4. The van der Waals surface area contributed by atoms with E-state index in [0.29, 0.717) is 10.2 Å². The summed E-state index contributed by atoms with van der Waals surface area (Å²) in [5.74, 6) is -0.326. The van der Waals surface area contributed by atoms with E-state index < -0.39 is 0 Å². The lowest BCUT2D eigenvalue weighted by Gasteiger charge is -2.16. The van der Waals surface area contributed by atoms with Gasteiger partial charge < -0.3 is 16.0 Å². The third kappa shape index (κ3) is 3.33. The van der Waals surface area contributed by atoms with E-state index >= 15 is 0 Å². The average Bonchev–Trinajstić information content (AvgIpc) is 2.78. The topological polar surface area (TPSA) is 41.3 Å². The molecule has 1 aliphatic rings. The van der Waals surface area contributed by atoms with E-state index in [1.165, 1.54) is 32.0 Å². The molecular formula is C12H17BrFN3. The summed E-state index contributed by atoms with van der Waals surface area (Å²) in [6, 6.07) is 3.02. The summed E-state index contributed by atoms with van der Waals surface area (Å²) in [5, 5.41) is 3.24. The van der Waals surface area contributed by atoms with Crippen LogP contribution in [0.1, 0.15) is 12.8 Å². The number of anilines is 2. The molecular weight excluding hydrogens is 285 g/mol. The van der Waals surface area contributed by atoms with E-state index in [9.17, 15) is 4.39 Å². The van der Waals surface area contributed by atoms with E-state index in [4.69, 9.17) is 5.73 Å². The van der Waals surface area contributed by atoms with Crippen molar-refractivity contribution in [3.8, 4) is 0 Å². The summed E-state index contributed by atoms with van der Waals surface area (Å²) in [7, 11) is 0. The highest BCUT2D eigenvalue weighted by Crippen LogP contribution is 2.26. The highest BCUT2D eigenvalue weighted by molar-refractivity contribution is 9.10. The first-order valence-corrected chi connectivity index (χ1v) is 6.67. The van der Waals surface area contributed by atoms with E-state index in [0.717, 1.165) is 18.8 Å². The summed E-state index contributed by atoms with van der Waals surface area (Å²) in [6.07, 6.45) is 2.59. The van der Waals surface area contributed by atoms with Crippen LogP contribution in [0.2, 0.25) is 0 Å². The molecule has 1 aliphatic heterocycles. The smallest absolute Gasteiger partial charge is 0.139 e. The van der Waals surface area contributed by atoms with Gasteiger partial charge in [0.15, 0.2) is 0 Å². The Morgan fingerprint density at radius 1 is 1.35 bits per heavy atom. The Bertz CT molecular complexity index is 392. The van der Waals surface area contributed by atoms with Gasteiger partial charge in [0, 0.05) is 19.2 Å². The molecule has 17 heavy (non-hydrogen) atoms. The molecule has 0 spiro atoms. The van der Waals surface area contributed by atoms with Crippen LogP contribution in [0, 0.1) is 5.82 Å². The van der Waals surface area contributed by atoms with Crippen LogP contribution in [-0.4, -0.2) is 31.1 Å². The van der Waals surface area contributed by atoms with E-state index in [2.05, 4.69) is 26.1 Å².